The normalized spacial score (nSPS) is 10.3. The summed E-state index contributed by atoms with van der Waals surface area (Å²) in [6.07, 6.45) is 1.41. The lowest BCUT2D eigenvalue weighted by atomic mass is 10.7. The molecule has 0 unspecified atom stereocenters. The summed E-state index contributed by atoms with van der Waals surface area (Å²) in [6.45, 7) is 0. The molecule has 2 rings (SSSR count). The zero-order valence-corrected chi connectivity index (χ0v) is 11.1. The van der Waals surface area contributed by atoms with Crippen LogP contribution in [0.15, 0.2) is 27.4 Å². The van der Waals surface area contributed by atoms with E-state index in [2.05, 4.69) is 30.3 Å². The van der Waals surface area contributed by atoms with Crippen LogP contribution in [0.4, 0.5) is 11.9 Å². The predicted molar refractivity (Wildman–Crippen MR) is 70.9 cm³/mol. The smallest absolute Gasteiger partial charge is 0.251 e. The molecule has 2 aromatic heterocycles. The van der Waals surface area contributed by atoms with Crippen LogP contribution >= 0.6 is 11.8 Å². The lowest BCUT2D eigenvalue weighted by Crippen LogP contribution is -2.18. The van der Waals surface area contributed by atoms with Gasteiger partial charge in [-0.15, -0.1) is 0 Å². The minimum absolute atomic E-state index is 0.236. The maximum Gasteiger partial charge on any atom is 0.251 e. The fourth-order valence-corrected chi connectivity index (χ4v) is 1.84. The van der Waals surface area contributed by atoms with E-state index >= 15 is 0 Å². The van der Waals surface area contributed by atoms with Crippen LogP contribution in [0.25, 0.3) is 0 Å². The first-order valence-electron chi connectivity index (χ1n) is 5.21. The Morgan fingerprint density at radius 2 is 2.16 bits per heavy atom. The van der Waals surface area contributed by atoms with Gasteiger partial charge >= 0.3 is 0 Å². The topological polar surface area (TPSA) is 126 Å². The molecule has 0 amide bonds. The number of anilines is 2. The van der Waals surface area contributed by atoms with Crippen LogP contribution in [-0.2, 0) is 0 Å². The van der Waals surface area contributed by atoms with Crippen molar-refractivity contribution >= 4 is 23.7 Å². The molecule has 0 atom stereocenters. The van der Waals surface area contributed by atoms with Crippen LogP contribution < -0.4 is 21.7 Å². The largest absolute Gasteiger partial charge is 0.347 e. The Morgan fingerprint density at radius 1 is 1.37 bits per heavy atom. The average Bonchev–Trinajstić information content (AvgIpc) is 2.38. The van der Waals surface area contributed by atoms with Gasteiger partial charge in [0.05, 0.1) is 0 Å². The van der Waals surface area contributed by atoms with Crippen molar-refractivity contribution in [1.29, 1.82) is 0 Å². The minimum atomic E-state index is -0.239. The molecule has 0 aliphatic carbocycles. The van der Waals surface area contributed by atoms with E-state index in [1.54, 1.807) is 19.0 Å². The molecule has 9 nitrogen and oxygen atoms in total. The van der Waals surface area contributed by atoms with E-state index in [1.165, 1.54) is 12.3 Å². The summed E-state index contributed by atoms with van der Waals surface area (Å²) in [4.78, 5) is 31.8. The van der Waals surface area contributed by atoms with Crippen LogP contribution in [-0.4, -0.2) is 39.0 Å². The summed E-state index contributed by atoms with van der Waals surface area (Å²) in [7, 11) is 3.60. The van der Waals surface area contributed by atoms with E-state index in [0.29, 0.717) is 16.3 Å². The van der Waals surface area contributed by atoms with Crippen molar-refractivity contribution in [3.05, 3.63) is 22.6 Å². The van der Waals surface area contributed by atoms with Crippen LogP contribution in [0.2, 0.25) is 0 Å². The fraction of sp³-hybridized carbons (Fsp3) is 0.222. The molecule has 10 heteroatoms. The minimum Gasteiger partial charge on any atom is -0.347 e. The molecule has 100 valence electrons. The van der Waals surface area contributed by atoms with E-state index in [9.17, 15) is 4.79 Å². The van der Waals surface area contributed by atoms with Crippen molar-refractivity contribution in [2.45, 2.75) is 10.3 Å². The number of hydrogen-bond acceptors (Lipinski definition) is 9. The van der Waals surface area contributed by atoms with Gasteiger partial charge in [-0.05, 0) is 11.8 Å². The highest BCUT2D eigenvalue weighted by atomic mass is 32.2. The van der Waals surface area contributed by atoms with Gasteiger partial charge in [-0.1, -0.05) is 0 Å². The van der Waals surface area contributed by atoms with E-state index in [0.717, 1.165) is 11.8 Å². The number of nitrogen functional groups attached to an aromatic ring is 1. The molecular weight excluding hydrogens is 268 g/mol. The molecule has 0 radical (unpaired) electrons. The highest BCUT2D eigenvalue weighted by Gasteiger charge is 2.09. The van der Waals surface area contributed by atoms with Crippen molar-refractivity contribution in [1.82, 2.24) is 24.9 Å². The number of aromatic amines is 1. The van der Waals surface area contributed by atoms with Crippen molar-refractivity contribution in [2.75, 3.05) is 24.4 Å². The summed E-state index contributed by atoms with van der Waals surface area (Å²) in [6, 6.07) is 1.33. The monoisotopic (exact) mass is 280 g/mol. The van der Waals surface area contributed by atoms with Crippen molar-refractivity contribution in [2.24, 2.45) is 5.84 Å². The molecular formula is C9H12N8OS. The van der Waals surface area contributed by atoms with Gasteiger partial charge in [0.1, 0.15) is 0 Å². The van der Waals surface area contributed by atoms with Gasteiger partial charge in [-0.3, -0.25) is 10.2 Å². The maximum absolute atomic E-state index is 11.2. The molecule has 0 fully saturated rings. The molecule has 0 aliphatic rings. The fourth-order valence-electron chi connectivity index (χ4n) is 1.15. The number of aromatic nitrogens is 5. The lowest BCUT2D eigenvalue weighted by Gasteiger charge is -2.11. The van der Waals surface area contributed by atoms with Gasteiger partial charge in [0, 0.05) is 26.4 Å². The Labute approximate surface area is 112 Å². The second-order valence-corrected chi connectivity index (χ2v) is 4.58. The van der Waals surface area contributed by atoms with E-state index in [-0.39, 0.29) is 11.5 Å². The summed E-state index contributed by atoms with van der Waals surface area (Å²) in [5.74, 6) is 5.98. The summed E-state index contributed by atoms with van der Waals surface area (Å²) in [5.41, 5.74) is 2.13. The standard InChI is InChI=1S/C9H12N8OS/c1-17(2)7-13-6(16-10)14-9(15-7)19-8-11-4-3-5(18)12-8/h3-4H,10H2,1-2H3,(H,11,12,18)(H,13,14,15,16). The van der Waals surface area contributed by atoms with Gasteiger partial charge in [-0.2, -0.15) is 15.0 Å². The third kappa shape index (κ3) is 3.39. The van der Waals surface area contributed by atoms with Crippen LogP contribution in [0.1, 0.15) is 0 Å². The van der Waals surface area contributed by atoms with Crippen LogP contribution in [0, 0.1) is 0 Å². The first-order valence-corrected chi connectivity index (χ1v) is 6.03. The number of hydrazine groups is 1. The predicted octanol–water partition coefficient (Wildman–Crippen LogP) is -0.542. The number of hydrogen-bond donors (Lipinski definition) is 3. The zero-order chi connectivity index (χ0) is 13.8. The summed E-state index contributed by atoms with van der Waals surface area (Å²) in [5, 5.41) is 0.771. The third-order valence-electron chi connectivity index (χ3n) is 1.97. The molecule has 0 bridgehead atoms. The van der Waals surface area contributed by atoms with Gasteiger partial charge < -0.3 is 9.88 Å². The molecule has 0 saturated heterocycles. The van der Waals surface area contributed by atoms with Gasteiger partial charge in [0.15, 0.2) is 5.16 Å². The van der Waals surface area contributed by atoms with E-state index in [4.69, 9.17) is 5.84 Å². The third-order valence-corrected chi connectivity index (χ3v) is 2.73. The molecule has 4 N–H and O–H groups in total. The quantitative estimate of drug-likeness (QED) is 0.384. The van der Waals surface area contributed by atoms with E-state index < -0.39 is 0 Å². The first kappa shape index (κ1) is 13.2. The SMILES string of the molecule is CN(C)c1nc(NN)nc(Sc2nccc(=O)[nH]2)n1. The molecule has 0 aliphatic heterocycles. The molecule has 0 saturated carbocycles. The highest BCUT2D eigenvalue weighted by molar-refractivity contribution is 7.99. The maximum atomic E-state index is 11.2. The molecule has 19 heavy (non-hydrogen) atoms. The molecule has 2 heterocycles. The van der Waals surface area contributed by atoms with Gasteiger partial charge in [0.2, 0.25) is 17.1 Å². The highest BCUT2D eigenvalue weighted by Crippen LogP contribution is 2.21. The van der Waals surface area contributed by atoms with Gasteiger partial charge in [0.25, 0.3) is 5.56 Å². The molecule has 0 spiro atoms. The number of rotatable bonds is 4. The first-order chi connectivity index (χ1) is 9.08. The number of H-pyrrole nitrogens is 1. The molecule has 2 aromatic rings. The summed E-state index contributed by atoms with van der Waals surface area (Å²) < 4.78 is 0. The zero-order valence-electron chi connectivity index (χ0n) is 10.3. The van der Waals surface area contributed by atoms with E-state index in [1.807, 2.05) is 0 Å². The Hall–Kier alpha value is -2.20. The van der Waals surface area contributed by atoms with Crippen molar-refractivity contribution in [3.8, 4) is 0 Å². The Morgan fingerprint density at radius 3 is 2.79 bits per heavy atom. The number of nitrogens with two attached hydrogens (primary N) is 1. The Kier molecular flexibility index (Phi) is 3.92. The van der Waals surface area contributed by atoms with Crippen LogP contribution in [0.3, 0.4) is 0 Å². The Bertz CT molecular complexity index is 628. The number of nitrogens with one attached hydrogen (secondary N) is 2. The second kappa shape index (κ2) is 5.63. The summed E-state index contributed by atoms with van der Waals surface area (Å²) >= 11 is 1.11. The lowest BCUT2D eigenvalue weighted by molar-refractivity contribution is 0.855. The Balaban J connectivity index is 2.34. The van der Waals surface area contributed by atoms with Crippen molar-refractivity contribution < 1.29 is 0 Å². The number of nitrogens with zero attached hydrogens (tertiary/aromatic N) is 5. The second-order valence-electron chi connectivity index (χ2n) is 3.62. The van der Waals surface area contributed by atoms with Crippen molar-refractivity contribution in [3.63, 3.8) is 0 Å². The van der Waals surface area contributed by atoms with Crippen LogP contribution in [0.5, 0.6) is 0 Å². The molecule has 0 aromatic carbocycles. The average molecular weight is 280 g/mol. The van der Waals surface area contributed by atoms with Gasteiger partial charge in [-0.25, -0.2) is 10.8 Å².